The molecule has 0 bridgehead atoms. The van der Waals surface area contributed by atoms with Gasteiger partial charge in [-0.1, -0.05) is 41.6 Å². The molecule has 1 aliphatic heterocycles. The van der Waals surface area contributed by atoms with E-state index in [1.165, 1.54) is 29.8 Å². The summed E-state index contributed by atoms with van der Waals surface area (Å²) in [6.45, 7) is 2.56. The van der Waals surface area contributed by atoms with Crippen molar-refractivity contribution in [1.29, 1.82) is 0 Å². The van der Waals surface area contributed by atoms with Gasteiger partial charge >= 0.3 is 5.97 Å². The fraction of sp³-hybridized carbons (Fsp3) is 0.261. The van der Waals surface area contributed by atoms with Crippen LogP contribution in [0.3, 0.4) is 0 Å². The van der Waals surface area contributed by atoms with Crippen molar-refractivity contribution in [2.24, 2.45) is 4.99 Å². The van der Waals surface area contributed by atoms with Crippen LogP contribution in [0.1, 0.15) is 17.5 Å². The van der Waals surface area contributed by atoms with Crippen molar-refractivity contribution >= 4 is 45.4 Å². The summed E-state index contributed by atoms with van der Waals surface area (Å²) in [5.74, 6) is -0.495. The first kappa shape index (κ1) is 20.2. The lowest BCUT2D eigenvalue weighted by atomic mass is 10.1. The number of nitrogens with one attached hydrogen (secondary N) is 1. The average molecular weight is 422 g/mol. The molecule has 1 fully saturated rings. The topological polar surface area (TPSA) is 74.8 Å². The number of amidine groups is 1. The Morgan fingerprint density at radius 3 is 2.80 bits per heavy atom. The highest BCUT2D eigenvalue weighted by molar-refractivity contribution is 8.15. The molecule has 154 valence electrons. The minimum Gasteiger partial charge on any atom is -0.469 e. The summed E-state index contributed by atoms with van der Waals surface area (Å²) >= 11 is 1.33. The summed E-state index contributed by atoms with van der Waals surface area (Å²) in [7, 11) is 1.34. The molecule has 0 spiro atoms. The number of aliphatic imine (C=N–C) groups is 1. The fourth-order valence-electron chi connectivity index (χ4n) is 3.51. The van der Waals surface area contributed by atoms with Crippen LogP contribution in [0.2, 0.25) is 0 Å². The number of hydrogen-bond donors (Lipinski definition) is 1. The molecule has 4 rings (SSSR count). The monoisotopic (exact) mass is 421 g/mol. The maximum absolute atomic E-state index is 13.0. The number of aromatic amines is 1. The van der Waals surface area contributed by atoms with Gasteiger partial charge in [-0.2, -0.15) is 0 Å². The third kappa shape index (κ3) is 4.26. The Balaban J connectivity index is 1.58. The van der Waals surface area contributed by atoms with E-state index in [-0.39, 0.29) is 12.3 Å². The predicted octanol–water partition coefficient (Wildman–Crippen LogP) is 4.21. The average Bonchev–Trinajstić information content (AvgIpc) is 3.27. The normalized spacial score (nSPS) is 17.8. The molecular formula is C23H23N3O3S. The SMILES string of the molecule is COC(=O)CC1SC(=Nc2ccccc2)N(CCc2c[nH]c3ccc(C)cc23)C1=O. The van der Waals surface area contributed by atoms with E-state index < -0.39 is 11.2 Å². The predicted molar refractivity (Wildman–Crippen MR) is 120 cm³/mol. The van der Waals surface area contributed by atoms with E-state index in [1.54, 1.807) is 4.90 Å². The number of fused-ring (bicyclic) bond motifs is 1. The number of rotatable bonds is 6. The molecule has 6 nitrogen and oxygen atoms in total. The molecule has 0 radical (unpaired) electrons. The van der Waals surface area contributed by atoms with Gasteiger partial charge in [0.25, 0.3) is 0 Å². The second-order valence-electron chi connectivity index (χ2n) is 7.22. The fourth-order valence-corrected chi connectivity index (χ4v) is 4.68. The van der Waals surface area contributed by atoms with E-state index in [0.29, 0.717) is 18.1 Å². The molecule has 1 saturated heterocycles. The Morgan fingerprint density at radius 2 is 2.03 bits per heavy atom. The molecular weight excluding hydrogens is 398 g/mol. The lowest BCUT2D eigenvalue weighted by molar-refractivity contribution is -0.142. The molecule has 1 atom stereocenters. The number of carbonyl (C=O) groups excluding carboxylic acids is 2. The summed E-state index contributed by atoms with van der Waals surface area (Å²) in [6, 6.07) is 15.8. The number of carbonyl (C=O) groups is 2. The number of aromatic nitrogens is 1. The van der Waals surface area contributed by atoms with E-state index in [0.717, 1.165) is 16.8 Å². The molecule has 2 heterocycles. The van der Waals surface area contributed by atoms with E-state index >= 15 is 0 Å². The van der Waals surface area contributed by atoms with Gasteiger partial charge in [-0.25, -0.2) is 4.99 Å². The van der Waals surface area contributed by atoms with Crippen LogP contribution >= 0.6 is 11.8 Å². The van der Waals surface area contributed by atoms with Crippen LogP contribution in [0.25, 0.3) is 10.9 Å². The smallest absolute Gasteiger partial charge is 0.307 e. The highest BCUT2D eigenvalue weighted by atomic mass is 32.2. The molecule has 1 aliphatic rings. The van der Waals surface area contributed by atoms with Crippen LogP contribution in [-0.4, -0.2) is 45.8 Å². The minimum atomic E-state index is -0.509. The third-order valence-electron chi connectivity index (χ3n) is 5.11. The number of thioether (sulfide) groups is 1. The number of nitrogens with zero attached hydrogens (tertiary/aromatic N) is 2. The first-order valence-corrected chi connectivity index (χ1v) is 10.7. The lowest BCUT2D eigenvalue weighted by Crippen LogP contribution is -2.34. The number of esters is 1. The van der Waals surface area contributed by atoms with Crippen molar-refractivity contribution < 1.29 is 14.3 Å². The van der Waals surface area contributed by atoms with Crippen LogP contribution in [0.15, 0.2) is 59.7 Å². The van der Waals surface area contributed by atoms with Crippen LogP contribution in [0.4, 0.5) is 5.69 Å². The number of para-hydroxylation sites is 1. The molecule has 1 aromatic heterocycles. The van der Waals surface area contributed by atoms with Crippen LogP contribution < -0.4 is 0 Å². The number of aryl methyl sites for hydroxylation is 1. The van der Waals surface area contributed by atoms with Crippen LogP contribution in [-0.2, 0) is 20.7 Å². The number of benzene rings is 2. The Morgan fingerprint density at radius 1 is 1.23 bits per heavy atom. The van der Waals surface area contributed by atoms with Crippen LogP contribution in [0.5, 0.6) is 0 Å². The second-order valence-corrected chi connectivity index (χ2v) is 8.39. The zero-order valence-corrected chi connectivity index (χ0v) is 17.7. The highest BCUT2D eigenvalue weighted by Crippen LogP contribution is 2.32. The minimum absolute atomic E-state index is 0.0383. The van der Waals surface area contributed by atoms with Gasteiger partial charge in [-0.05, 0) is 43.2 Å². The van der Waals surface area contributed by atoms with Gasteiger partial charge in [0.1, 0.15) is 5.25 Å². The standard InChI is InChI=1S/C23H23N3O3S/c1-15-8-9-19-18(12-15)16(14-24-19)10-11-26-22(28)20(13-21(27)29-2)30-23(26)25-17-6-4-3-5-7-17/h3-9,12,14,20,24H,10-11,13H2,1-2H3. The van der Waals surface area contributed by atoms with Gasteiger partial charge in [0.05, 0.1) is 19.2 Å². The first-order chi connectivity index (χ1) is 14.5. The molecule has 0 saturated carbocycles. The van der Waals surface area contributed by atoms with Crippen molar-refractivity contribution in [1.82, 2.24) is 9.88 Å². The van der Waals surface area contributed by atoms with E-state index in [9.17, 15) is 9.59 Å². The van der Waals surface area contributed by atoms with E-state index in [1.807, 2.05) is 36.5 Å². The molecule has 1 amide bonds. The summed E-state index contributed by atoms with van der Waals surface area (Å²) < 4.78 is 4.76. The molecule has 30 heavy (non-hydrogen) atoms. The molecule has 0 aliphatic carbocycles. The highest BCUT2D eigenvalue weighted by Gasteiger charge is 2.39. The zero-order valence-electron chi connectivity index (χ0n) is 16.9. The summed E-state index contributed by atoms with van der Waals surface area (Å²) in [5.41, 5.74) is 4.21. The molecule has 1 unspecified atom stereocenters. The largest absolute Gasteiger partial charge is 0.469 e. The Labute approximate surface area is 179 Å². The molecule has 1 N–H and O–H groups in total. The van der Waals surface area contributed by atoms with Gasteiger partial charge in [0.2, 0.25) is 5.91 Å². The van der Waals surface area contributed by atoms with Gasteiger partial charge in [0, 0.05) is 23.6 Å². The molecule has 7 heteroatoms. The molecule has 2 aromatic carbocycles. The van der Waals surface area contributed by atoms with Gasteiger partial charge in [-0.3, -0.25) is 14.5 Å². The second kappa shape index (κ2) is 8.75. The number of amides is 1. The number of H-pyrrole nitrogens is 1. The lowest BCUT2D eigenvalue weighted by Gasteiger charge is -2.16. The van der Waals surface area contributed by atoms with Gasteiger partial charge in [-0.15, -0.1) is 0 Å². The first-order valence-electron chi connectivity index (χ1n) is 9.80. The number of hydrogen-bond acceptors (Lipinski definition) is 5. The molecule has 3 aromatic rings. The van der Waals surface area contributed by atoms with Gasteiger partial charge < -0.3 is 9.72 Å². The third-order valence-corrected chi connectivity index (χ3v) is 6.28. The van der Waals surface area contributed by atoms with Crippen molar-refractivity contribution in [3.63, 3.8) is 0 Å². The summed E-state index contributed by atoms with van der Waals surface area (Å²) in [4.78, 5) is 34.5. The quantitative estimate of drug-likeness (QED) is 0.605. The number of methoxy groups -OCH3 is 1. The summed E-state index contributed by atoms with van der Waals surface area (Å²) in [6.07, 6.45) is 2.73. The van der Waals surface area contributed by atoms with Crippen molar-refractivity contribution in [2.75, 3.05) is 13.7 Å². The Kier molecular flexibility index (Phi) is 5.90. The van der Waals surface area contributed by atoms with Crippen LogP contribution in [0, 0.1) is 6.92 Å². The summed E-state index contributed by atoms with van der Waals surface area (Å²) in [5, 5.41) is 1.28. The zero-order chi connectivity index (χ0) is 21.1. The number of ether oxygens (including phenoxy) is 1. The maximum atomic E-state index is 13.0. The van der Waals surface area contributed by atoms with E-state index in [4.69, 9.17) is 4.74 Å². The van der Waals surface area contributed by atoms with Crippen molar-refractivity contribution in [3.8, 4) is 0 Å². The van der Waals surface area contributed by atoms with Gasteiger partial charge in [0.15, 0.2) is 5.17 Å². The maximum Gasteiger partial charge on any atom is 0.307 e. The Hall–Kier alpha value is -3.06. The van der Waals surface area contributed by atoms with E-state index in [2.05, 4.69) is 35.1 Å². The Bertz CT molecular complexity index is 1110. The van der Waals surface area contributed by atoms with Crippen molar-refractivity contribution in [2.45, 2.75) is 25.0 Å². The van der Waals surface area contributed by atoms with Crippen molar-refractivity contribution in [3.05, 3.63) is 65.9 Å².